The fourth-order valence-electron chi connectivity index (χ4n) is 12.4. The lowest BCUT2D eigenvalue weighted by Gasteiger charge is -2.73. The van der Waals surface area contributed by atoms with Crippen molar-refractivity contribution in [3.8, 4) is 0 Å². The maximum atomic E-state index is 12.6. The largest absolute Gasteiger partial charge is 0.481 e. The number of allylic oxidation sites excluding steroid dienone is 1. The Bertz CT molecular complexity index is 1130. The zero-order valence-electron chi connectivity index (χ0n) is 27.4. The molecule has 5 fully saturated rings. The Morgan fingerprint density at radius 3 is 2.17 bits per heavy atom. The van der Waals surface area contributed by atoms with E-state index in [1.807, 2.05) is 0 Å². The molecule has 0 radical (unpaired) electrons. The average Bonchev–Trinajstić information content (AvgIpc) is 3.29. The van der Waals surface area contributed by atoms with Gasteiger partial charge in [-0.15, -0.1) is 0 Å². The van der Waals surface area contributed by atoms with E-state index in [1.54, 1.807) is 6.92 Å². The van der Waals surface area contributed by atoms with Crippen molar-refractivity contribution >= 4 is 17.9 Å². The molecule has 0 saturated heterocycles. The minimum absolute atomic E-state index is 0.0599. The Hall–Kier alpha value is -1.85. The lowest BCUT2D eigenvalue weighted by atomic mass is 9.32. The highest BCUT2D eigenvalue weighted by atomic mass is 16.5. The number of hydrogen-bond acceptors (Lipinski definition) is 5. The molecule has 0 aromatic rings. The third-order valence-electron chi connectivity index (χ3n) is 14.6. The number of ether oxygens (including phenoxy) is 2. The Labute approximate surface area is 253 Å². The molecule has 0 amide bonds. The maximum absolute atomic E-state index is 12.6. The molecule has 1 N–H and O–H groups in total. The molecule has 0 aromatic carbocycles. The van der Waals surface area contributed by atoms with Gasteiger partial charge in [0.15, 0.2) is 0 Å². The molecule has 0 aliphatic heterocycles. The van der Waals surface area contributed by atoms with Gasteiger partial charge in [-0.25, -0.2) is 0 Å². The minimum Gasteiger partial charge on any atom is -0.481 e. The van der Waals surface area contributed by atoms with Gasteiger partial charge in [0, 0.05) is 17.8 Å². The van der Waals surface area contributed by atoms with E-state index >= 15 is 0 Å². The van der Waals surface area contributed by atoms with Crippen LogP contribution in [0.3, 0.4) is 0 Å². The van der Waals surface area contributed by atoms with Crippen LogP contribution < -0.4 is 0 Å². The zero-order chi connectivity index (χ0) is 30.9. The van der Waals surface area contributed by atoms with Crippen LogP contribution in [-0.4, -0.2) is 35.7 Å². The molecular formula is C36H56O6. The number of esters is 2. The topological polar surface area (TPSA) is 89.9 Å². The van der Waals surface area contributed by atoms with Crippen LogP contribution in [0.5, 0.6) is 0 Å². The summed E-state index contributed by atoms with van der Waals surface area (Å²) >= 11 is 0. The molecule has 42 heavy (non-hydrogen) atoms. The van der Waals surface area contributed by atoms with E-state index in [2.05, 4.69) is 48.1 Å². The van der Waals surface area contributed by atoms with Crippen LogP contribution in [0, 0.1) is 56.7 Å². The summed E-state index contributed by atoms with van der Waals surface area (Å²) in [5.74, 6) is 1.19. The summed E-state index contributed by atoms with van der Waals surface area (Å²) in [6, 6.07) is 0. The van der Waals surface area contributed by atoms with Gasteiger partial charge in [-0.05, 0) is 117 Å². The van der Waals surface area contributed by atoms with Gasteiger partial charge in [0.2, 0.25) is 0 Å². The van der Waals surface area contributed by atoms with Gasteiger partial charge in [0.05, 0.1) is 19.4 Å². The van der Waals surface area contributed by atoms with Crippen LogP contribution in [0.1, 0.15) is 126 Å². The SMILES string of the molecule is C=C(C)[C@@H]1CCC2(COC(C)=O)CC[C@]3(C)C(CCC4[C@@]5(C)CCC(OC(=O)CCC(=O)O)C(C)(C)C5CC[C@]43C)C12. The molecule has 10 atom stereocenters. The molecule has 5 aliphatic rings. The Kier molecular flexibility index (Phi) is 8.00. The second kappa shape index (κ2) is 10.6. The highest BCUT2D eigenvalue weighted by Gasteiger charge is 2.71. The molecule has 5 saturated carbocycles. The molecule has 6 nitrogen and oxygen atoms in total. The van der Waals surface area contributed by atoms with Crippen molar-refractivity contribution < 1.29 is 29.0 Å². The summed E-state index contributed by atoms with van der Waals surface area (Å²) in [4.78, 5) is 35.5. The minimum atomic E-state index is -0.961. The highest BCUT2D eigenvalue weighted by Crippen LogP contribution is 2.77. The van der Waals surface area contributed by atoms with Crippen molar-refractivity contribution in [2.75, 3.05) is 6.61 Å². The smallest absolute Gasteiger partial charge is 0.306 e. The predicted molar refractivity (Wildman–Crippen MR) is 162 cm³/mol. The predicted octanol–water partition coefficient (Wildman–Crippen LogP) is 7.98. The van der Waals surface area contributed by atoms with Gasteiger partial charge in [-0.1, -0.05) is 46.8 Å². The van der Waals surface area contributed by atoms with Gasteiger partial charge in [-0.3, -0.25) is 14.4 Å². The number of carboxylic acid groups (broad SMARTS) is 1. The van der Waals surface area contributed by atoms with Crippen LogP contribution in [0.25, 0.3) is 0 Å². The normalized spacial score (nSPS) is 45.4. The summed E-state index contributed by atoms with van der Waals surface area (Å²) < 4.78 is 11.8. The second-order valence-corrected chi connectivity index (χ2v) is 16.6. The molecule has 6 unspecified atom stereocenters. The van der Waals surface area contributed by atoms with Crippen LogP contribution in [-0.2, 0) is 23.9 Å². The molecule has 0 aromatic heterocycles. The van der Waals surface area contributed by atoms with Crippen molar-refractivity contribution in [3.63, 3.8) is 0 Å². The number of carbonyl (C=O) groups excluding carboxylic acids is 2. The third kappa shape index (κ3) is 4.67. The van der Waals surface area contributed by atoms with Crippen molar-refractivity contribution in [1.29, 1.82) is 0 Å². The van der Waals surface area contributed by atoms with E-state index in [1.165, 1.54) is 31.3 Å². The van der Waals surface area contributed by atoms with Crippen molar-refractivity contribution in [2.45, 2.75) is 132 Å². The molecule has 6 heteroatoms. The maximum Gasteiger partial charge on any atom is 0.306 e. The van der Waals surface area contributed by atoms with Crippen molar-refractivity contribution in [2.24, 2.45) is 56.7 Å². The summed E-state index contributed by atoms with van der Waals surface area (Å²) in [5.41, 5.74) is 1.83. The summed E-state index contributed by atoms with van der Waals surface area (Å²) in [5, 5.41) is 9.02. The van der Waals surface area contributed by atoms with Gasteiger partial charge < -0.3 is 14.6 Å². The van der Waals surface area contributed by atoms with Crippen molar-refractivity contribution in [1.82, 2.24) is 0 Å². The average molecular weight is 585 g/mol. The number of fused-ring (bicyclic) bond motifs is 7. The molecular weight excluding hydrogens is 528 g/mol. The lowest BCUT2D eigenvalue weighted by Crippen LogP contribution is -2.67. The lowest BCUT2D eigenvalue weighted by molar-refractivity contribution is -0.252. The second-order valence-electron chi connectivity index (χ2n) is 16.6. The monoisotopic (exact) mass is 584 g/mol. The summed E-state index contributed by atoms with van der Waals surface area (Å²) in [6.07, 6.45) is 10.9. The first kappa shape index (κ1) is 31.6. The van der Waals surface area contributed by atoms with E-state index in [4.69, 9.17) is 14.6 Å². The zero-order valence-corrected chi connectivity index (χ0v) is 27.4. The molecule has 5 aliphatic carbocycles. The van der Waals surface area contributed by atoms with E-state index in [0.717, 1.165) is 38.5 Å². The first-order chi connectivity index (χ1) is 19.5. The first-order valence-corrected chi connectivity index (χ1v) is 16.7. The Morgan fingerprint density at radius 2 is 1.52 bits per heavy atom. The van der Waals surface area contributed by atoms with E-state index in [-0.39, 0.29) is 58.0 Å². The fourth-order valence-corrected chi connectivity index (χ4v) is 12.4. The number of carbonyl (C=O) groups is 3. The molecule has 0 heterocycles. The first-order valence-electron chi connectivity index (χ1n) is 16.7. The third-order valence-corrected chi connectivity index (χ3v) is 14.6. The number of hydrogen-bond donors (Lipinski definition) is 1. The number of rotatable bonds is 7. The number of carboxylic acids is 1. The van der Waals surface area contributed by atoms with Crippen LogP contribution >= 0.6 is 0 Å². The van der Waals surface area contributed by atoms with Gasteiger partial charge in [0.1, 0.15) is 6.10 Å². The molecule has 5 rings (SSSR count). The van der Waals surface area contributed by atoms with Crippen LogP contribution in [0.15, 0.2) is 12.2 Å². The van der Waals surface area contributed by atoms with Crippen LogP contribution in [0.2, 0.25) is 0 Å². The fraction of sp³-hybridized carbons (Fsp3) is 0.861. The Balaban J connectivity index is 1.42. The van der Waals surface area contributed by atoms with E-state index in [0.29, 0.717) is 36.2 Å². The Morgan fingerprint density at radius 1 is 0.810 bits per heavy atom. The van der Waals surface area contributed by atoms with Crippen molar-refractivity contribution in [3.05, 3.63) is 12.2 Å². The summed E-state index contributed by atoms with van der Waals surface area (Å²) in [7, 11) is 0. The molecule has 0 spiro atoms. The number of aliphatic carboxylic acids is 1. The standard InChI is InChI=1S/C36H56O6/c1-22(2)24-13-18-36(21-41-23(3)37)20-19-34(7)25(31(24)36)9-10-27-33(6)16-15-28(42-30(40)12-11-29(38)39)32(4,5)26(33)14-17-35(27,34)8/h24-28,31H,1,9-21H2,2-8H3,(H,38,39)/t24-,25?,26?,27?,28?,31?,33-,34+,35+,36?/m0/s1. The van der Waals surface area contributed by atoms with Gasteiger partial charge in [-0.2, -0.15) is 0 Å². The highest BCUT2D eigenvalue weighted by molar-refractivity contribution is 5.76. The van der Waals surface area contributed by atoms with Crippen LogP contribution in [0.4, 0.5) is 0 Å². The van der Waals surface area contributed by atoms with E-state index in [9.17, 15) is 14.4 Å². The molecule has 236 valence electrons. The summed E-state index contributed by atoms with van der Waals surface area (Å²) in [6.45, 7) is 21.2. The van der Waals surface area contributed by atoms with E-state index < -0.39 is 5.97 Å². The van der Waals surface area contributed by atoms with Gasteiger partial charge in [0.25, 0.3) is 0 Å². The molecule has 0 bridgehead atoms. The quantitative estimate of drug-likeness (QED) is 0.241. The van der Waals surface area contributed by atoms with Gasteiger partial charge >= 0.3 is 17.9 Å².